The lowest BCUT2D eigenvalue weighted by molar-refractivity contribution is -0.149. The van der Waals surface area contributed by atoms with E-state index in [1.54, 1.807) is 12.1 Å². The predicted molar refractivity (Wildman–Crippen MR) is 110 cm³/mol. The van der Waals surface area contributed by atoms with E-state index >= 15 is 0 Å². The van der Waals surface area contributed by atoms with Gasteiger partial charge in [0.2, 0.25) is 10.0 Å². The van der Waals surface area contributed by atoms with Gasteiger partial charge in [-0.05, 0) is 55.3 Å². The number of sulfonamides is 1. The summed E-state index contributed by atoms with van der Waals surface area (Å²) in [6.45, 7) is 1.18. The molecule has 0 fully saturated rings. The average Bonchev–Trinajstić information content (AvgIpc) is 2.67. The third kappa shape index (κ3) is 7.66. The van der Waals surface area contributed by atoms with Gasteiger partial charge in [0, 0.05) is 16.6 Å². The van der Waals surface area contributed by atoms with Crippen molar-refractivity contribution in [3.63, 3.8) is 0 Å². The number of esters is 1. The van der Waals surface area contributed by atoms with E-state index in [1.807, 2.05) is 12.1 Å². The van der Waals surface area contributed by atoms with E-state index in [-0.39, 0.29) is 4.90 Å². The van der Waals surface area contributed by atoms with Crippen LogP contribution in [0.15, 0.2) is 53.4 Å². The first-order chi connectivity index (χ1) is 13.7. The van der Waals surface area contributed by atoms with Gasteiger partial charge in [0.05, 0.1) is 4.90 Å². The van der Waals surface area contributed by atoms with E-state index in [4.69, 9.17) is 27.9 Å². The molecule has 2 rings (SSSR count). The lowest BCUT2D eigenvalue weighted by Gasteiger charge is -2.14. The van der Waals surface area contributed by atoms with Gasteiger partial charge in [-0.15, -0.1) is 0 Å². The van der Waals surface area contributed by atoms with Gasteiger partial charge < -0.3 is 10.1 Å². The quantitative estimate of drug-likeness (QED) is 0.562. The number of carbonyl (C=O) groups excluding carboxylic acids is 2. The van der Waals surface area contributed by atoms with Crippen molar-refractivity contribution in [2.24, 2.45) is 0 Å². The average molecular weight is 459 g/mol. The first-order valence-corrected chi connectivity index (χ1v) is 10.9. The van der Waals surface area contributed by atoms with Crippen LogP contribution in [0.5, 0.6) is 0 Å². The number of rotatable bonds is 9. The zero-order valence-electron chi connectivity index (χ0n) is 15.5. The zero-order valence-corrected chi connectivity index (χ0v) is 17.9. The number of hydrogen-bond acceptors (Lipinski definition) is 5. The number of benzene rings is 2. The number of carbonyl (C=O) groups is 2. The Kier molecular flexibility index (Phi) is 8.45. The van der Waals surface area contributed by atoms with Gasteiger partial charge >= 0.3 is 5.97 Å². The molecule has 0 heterocycles. The van der Waals surface area contributed by atoms with Gasteiger partial charge in [-0.2, -0.15) is 4.72 Å². The maximum absolute atomic E-state index is 12.2. The fourth-order valence-electron chi connectivity index (χ4n) is 2.27. The van der Waals surface area contributed by atoms with E-state index in [9.17, 15) is 18.0 Å². The van der Waals surface area contributed by atoms with Crippen molar-refractivity contribution in [2.75, 3.05) is 13.2 Å². The minimum atomic E-state index is -3.93. The van der Waals surface area contributed by atoms with Crippen molar-refractivity contribution in [2.45, 2.75) is 24.3 Å². The summed E-state index contributed by atoms with van der Waals surface area (Å²) in [6, 6.07) is 11.5. The van der Waals surface area contributed by atoms with Crippen LogP contribution in [0.1, 0.15) is 12.5 Å². The van der Waals surface area contributed by atoms with E-state index < -0.39 is 34.5 Å². The number of ether oxygens (including phenoxy) is 1. The Bertz CT molecular complexity index is 948. The Hall–Kier alpha value is -2.13. The molecule has 0 aliphatic carbocycles. The number of halogens is 2. The second-order valence-corrected chi connectivity index (χ2v) is 8.72. The van der Waals surface area contributed by atoms with Crippen LogP contribution in [0.3, 0.4) is 0 Å². The van der Waals surface area contributed by atoms with Crippen LogP contribution < -0.4 is 10.0 Å². The molecule has 0 aliphatic heterocycles. The second-order valence-electron chi connectivity index (χ2n) is 6.13. The Morgan fingerprint density at radius 3 is 2.14 bits per heavy atom. The first kappa shape index (κ1) is 23.2. The highest BCUT2D eigenvalue weighted by atomic mass is 35.5. The van der Waals surface area contributed by atoms with E-state index in [1.165, 1.54) is 31.2 Å². The molecule has 0 saturated carbocycles. The molecule has 0 aliphatic rings. The van der Waals surface area contributed by atoms with Crippen molar-refractivity contribution < 1.29 is 22.7 Å². The van der Waals surface area contributed by atoms with Crippen LogP contribution in [-0.2, 0) is 30.8 Å². The summed E-state index contributed by atoms with van der Waals surface area (Å²) in [5.41, 5.74) is 0.997. The molecule has 0 saturated heterocycles. The summed E-state index contributed by atoms with van der Waals surface area (Å²) < 4.78 is 31.6. The van der Waals surface area contributed by atoms with Crippen LogP contribution in [0.2, 0.25) is 10.0 Å². The summed E-state index contributed by atoms with van der Waals surface area (Å²) in [5, 5.41) is 3.64. The highest BCUT2D eigenvalue weighted by Gasteiger charge is 2.23. The minimum Gasteiger partial charge on any atom is -0.454 e. The molecule has 0 aromatic heterocycles. The van der Waals surface area contributed by atoms with Gasteiger partial charge in [-0.3, -0.25) is 9.59 Å². The lowest BCUT2D eigenvalue weighted by Crippen LogP contribution is -2.41. The van der Waals surface area contributed by atoms with Crippen molar-refractivity contribution in [1.29, 1.82) is 0 Å². The molecule has 7 nitrogen and oxygen atoms in total. The van der Waals surface area contributed by atoms with E-state index in [0.29, 0.717) is 23.0 Å². The van der Waals surface area contributed by atoms with Crippen LogP contribution in [0.25, 0.3) is 0 Å². The molecule has 2 N–H and O–H groups in total. The molecule has 1 amide bonds. The topological polar surface area (TPSA) is 102 Å². The molecule has 29 heavy (non-hydrogen) atoms. The molecule has 0 unspecified atom stereocenters. The number of amides is 1. The van der Waals surface area contributed by atoms with Gasteiger partial charge in [-0.25, -0.2) is 8.42 Å². The highest BCUT2D eigenvalue weighted by molar-refractivity contribution is 7.89. The maximum Gasteiger partial charge on any atom is 0.324 e. The normalized spacial score (nSPS) is 12.2. The molecule has 0 spiro atoms. The smallest absolute Gasteiger partial charge is 0.324 e. The summed E-state index contributed by atoms with van der Waals surface area (Å²) in [6.07, 6.45) is 0.591. The van der Waals surface area contributed by atoms with Gasteiger partial charge in [-0.1, -0.05) is 35.3 Å². The third-order valence-corrected chi connectivity index (χ3v) is 5.86. The highest BCUT2D eigenvalue weighted by Crippen LogP contribution is 2.14. The Morgan fingerprint density at radius 2 is 1.55 bits per heavy atom. The van der Waals surface area contributed by atoms with Crippen LogP contribution >= 0.6 is 23.2 Å². The van der Waals surface area contributed by atoms with Gasteiger partial charge in [0.25, 0.3) is 5.91 Å². The molecule has 10 heteroatoms. The van der Waals surface area contributed by atoms with Crippen molar-refractivity contribution >= 4 is 45.1 Å². The Labute approximate surface area is 179 Å². The monoisotopic (exact) mass is 458 g/mol. The maximum atomic E-state index is 12.2. The van der Waals surface area contributed by atoms with Gasteiger partial charge in [0.1, 0.15) is 6.04 Å². The first-order valence-electron chi connectivity index (χ1n) is 8.63. The molecule has 0 radical (unpaired) electrons. The van der Waals surface area contributed by atoms with Crippen molar-refractivity contribution in [3.8, 4) is 0 Å². The summed E-state index contributed by atoms with van der Waals surface area (Å²) in [4.78, 5) is 23.7. The van der Waals surface area contributed by atoms with Crippen LogP contribution in [-0.4, -0.2) is 39.5 Å². The van der Waals surface area contributed by atoms with E-state index in [0.717, 1.165) is 5.56 Å². The Morgan fingerprint density at radius 1 is 1.00 bits per heavy atom. The second kappa shape index (κ2) is 10.6. The molecular formula is C19H20Cl2N2O5S. The standard InChI is InChI=1S/C19H20Cl2N2O5S/c1-13(23-29(26,27)17-8-6-16(21)7-9-17)19(25)28-12-18(24)22-11-10-14-2-4-15(20)5-3-14/h2-9,13,23H,10-12H2,1H3,(H,22,24)/t13-/m0/s1. The van der Waals surface area contributed by atoms with Crippen molar-refractivity contribution in [3.05, 3.63) is 64.1 Å². The summed E-state index contributed by atoms with van der Waals surface area (Å²) >= 11 is 11.5. The number of hydrogen-bond donors (Lipinski definition) is 2. The van der Waals surface area contributed by atoms with Crippen LogP contribution in [0, 0.1) is 0 Å². The van der Waals surface area contributed by atoms with Crippen LogP contribution in [0.4, 0.5) is 0 Å². The molecule has 2 aromatic carbocycles. The van der Waals surface area contributed by atoms with Crippen molar-refractivity contribution in [1.82, 2.24) is 10.0 Å². The number of nitrogens with one attached hydrogen (secondary N) is 2. The zero-order chi connectivity index (χ0) is 21.4. The summed E-state index contributed by atoms with van der Waals surface area (Å²) in [5.74, 6) is -1.35. The molecule has 156 valence electrons. The fourth-order valence-corrected chi connectivity index (χ4v) is 3.72. The largest absolute Gasteiger partial charge is 0.454 e. The predicted octanol–water partition coefficient (Wildman–Crippen LogP) is 2.56. The molecular weight excluding hydrogens is 439 g/mol. The van der Waals surface area contributed by atoms with E-state index in [2.05, 4.69) is 10.0 Å². The molecule has 1 atom stereocenters. The fraction of sp³-hybridized carbons (Fsp3) is 0.263. The molecule has 0 bridgehead atoms. The van der Waals surface area contributed by atoms with Gasteiger partial charge in [0.15, 0.2) is 6.61 Å². The third-order valence-electron chi connectivity index (χ3n) is 3.80. The molecule has 2 aromatic rings. The minimum absolute atomic E-state index is 0.0403. The Balaban J connectivity index is 1.75. The lowest BCUT2D eigenvalue weighted by atomic mass is 10.1. The summed E-state index contributed by atoms with van der Waals surface area (Å²) in [7, 11) is -3.93. The SMILES string of the molecule is C[C@H](NS(=O)(=O)c1ccc(Cl)cc1)C(=O)OCC(=O)NCCc1ccc(Cl)cc1.